The van der Waals surface area contributed by atoms with Gasteiger partial charge < -0.3 is 9.64 Å². The molecule has 0 atom stereocenters. The van der Waals surface area contributed by atoms with Crippen LogP contribution in [0.25, 0.3) is 5.65 Å². The van der Waals surface area contributed by atoms with Crippen molar-refractivity contribution in [3.05, 3.63) is 63.7 Å². The Morgan fingerprint density at radius 2 is 1.96 bits per heavy atom. The summed E-state index contributed by atoms with van der Waals surface area (Å²) in [5.74, 6) is -0.526. The number of hydrogen-bond donors (Lipinski definition) is 1. The second-order valence-electron chi connectivity index (χ2n) is 6.43. The van der Waals surface area contributed by atoms with Crippen LogP contribution in [0.3, 0.4) is 0 Å². The lowest BCUT2D eigenvalue weighted by Crippen LogP contribution is -2.40. The molecule has 0 bridgehead atoms. The molecular weight excluding hydrogens is 377 g/mol. The van der Waals surface area contributed by atoms with Gasteiger partial charge in [-0.3, -0.25) is 14.7 Å². The number of aromatic nitrogens is 3. The highest BCUT2D eigenvalue weighted by atomic mass is 19.4. The summed E-state index contributed by atoms with van der Waals surface area (Å²) >= 11 is 0. The fourth-order valence-electron chi connectivity index (χ4n) is 3.24. The summed E-state index contributed by atoms with van der Waals surface area (Å²) in [6, 6.07) is 6.86. The number of benzene rings is 1. The summed E-state index contributed by atoms with van der Waals surface area (Å²) in [7, 11) is 0. The Kier molecular flexibility index (Phi) is 4.33. The number of alkyl halides is 3. The van der Waals surface area contributed by atoms with E-state index in [1.165, 1.54) is 28.8 Å². The summed E-state index contributed by atoms with van der Waals surface area (Å²) in [6.45, 7) is 0.602. The first-order valence-electron chi connectivity index (χ1n) is 8.50. The Labute approximate surface area is 156 Å². The van der Waals surface area contributed by atoms with E-state index in [1.807, 2.05) is 0 Å². The normalized spacial score (nSPS) is 14.2. The highest BCUT2D eigenvalue weighted by molar-refractivity contribution is 5.79. The quantitative estimate of drug-likeness (QED) is 0.740. The molecule has 3 aromatic rings. The largest absolute Gasteiger partial charge is 0.573 e. The van der Waals surface area contributed by atoms with Crippen molar-refractivity contribution in [3.63, 3.8) is 0 Å². The maximum absolute atomic E-state index is 12.6. The number of ether oxygens (including phenoxy) is 1. The van der Waals surface area contributed by atoms with E-state index in [-0.39, 0.29) is 30.2 Å². The predicted molar refractivity (Wildman–Crippen MR) is 91.8 cm³/mol. The lowest BCUT2D eigenvalue weighted by molar-refractivity contribution is -0.274. The van der Waals surface area contributed by atoms with E-state index >= 15 is 0 Å². The molecule has 10 heteroatoms. The predicted octanol–water partition coefficient (Wildman–Crippen LogP) is 2.05. The molecule has 1 amide bonds. The van der Waals surface area contributed by atoms with E-state index in [4.69, 9.17) is 0 Å². The van der Waals surface area contributed by atoms with E-state index in [0.29, 0.717) is 35.4 Å². The zero-order chi connectivity index (χ0) is 19.9. The standard InChI is InChI=1S/C18H15F3N4O3/c19-18(20,21)28-12-3-1-11(2-4-12)9-16(26)24-8-6-13-14(10-24)23-15-5-7-22-25(15)17(13)27/h1-5,7,22H,6,8-10H2. The summed E-state index contributed by atoms with van der Waals surface area (Å²) < 4.78 is 41.8. The maximum atomic E-state index is 12.6. The van der Waals surface area contributed by atoms with Crippen molar-refractivity contribution in [3.8, 4) is 5.75 Å². The van der Waals surface area contributed by atoms with Gasteiger partial charge in [-0.05, 0) is 24.1 Å². The molecule has 1 N–H and O–H groups in total. The van der Waals surface area contributed by atoms with E-state index in [2.05, 4.69) is 14.8 Å². The summed E-state index contributed by atoms with van der Waals surface area (Å²) in [5, 5.41) is 2.80. The van der Waals surface area contributed by atoms with E-state index < -0.39 is 6.36 Å². The van der Waals surface area contributed by atoms with Crippen LogP contribution in [0.2, 0.25) is 0 Å². The van der Waals surface area contributed by atoms with Crippen LogP contribution in [0.1, 0.15) is 16.8 Å². The number of H-pyrrole nitrogens is 1. The molecule has 0 radical (unpaired) electrons. The topological polar surface area (TPSA) is 79.7 Å². The monoisotopic (exact) mass is 392 g/mol. The van der Waals surface area contributed by atoms with Gasteiger partial charge in [0.25, 0.3) is 5.56 Å². The third kappa shape index (κ3) is 3.57. The SMILES string of the molecule is O=C(Cc1ccc(OC(F)(F)F)cc1)N1CCc2c(nc3cc[nH]n3c2=O)C1. The molecule has 7 nitrogen and oxygen atoms in total. The van der Waals surface area contributed by atoms with Crippen molar-refractivity contribution in [2.75, 3.05) is 6.54 Å². The molecule has 1 aliphatic rings. The van der Waals surface area contributed by atoms with Gasteiger partial charge in [0.15, 0.2) is 5.65 Å². The molecule has 3 heterocycles. The molecular formula is C18H15F3N4O3. The average molecular weight is 392 g/mol. The highest BCUT2D eigenvalue weighted by Crippen LogP contribution is 2.23. The molecule has 0 spiro atoms. The minimum atomic E-state index is -4.75. The zero-order valence-corrected chi connectivity index (χ0v) is 14.5. The molecule has 4 rings (SSSR count). The van der Waals surface area contributed by atoms with Crippen LogP contribution in [0.4, 0.5) is 13.2 Å². The summed E-state index contributed by atoms with van der Waals surface area (Å²) in [6.07, 6.45) is -2.71. The third-order valence-corrected chi connectivity index (χ3v) is 4.56. The Morgan fingerprint density at radius 3 is 2.68 bits per heavy atom. The van der Waals surface area contributed by atoms with E-state index in [0.717, 1.165) is 0 Å². The number of amides is 1. The third-order valence-electron chi connectivity index (χ3n) is 4.56. The summed E-state index contributed by atoms with van der Waals surface area (Å²) in [4.78, 5) is 31.0. The number of nitrogens with one attached hydrogen (secondary N) is 1. The van der Waals surface area contributed by atoms with Gasteiger partial charge in [-0.15, -0.1) is 13.2 Å². The number of nitrogens with zero attached hydrogens (tertiary/aromatic N) is 3. The summed E-state index contributed by atoms with van der Waals surface area (Å²) in [5.41, 5.74) is 2.03. The number of halogens is 3. The number of fused-ring (bicyclic) bond motifs is 2. The second kappa shape index (κ2) is 6.70. The van der Waals surface area contributed by atoms with Gasteiger partial charge in [-0.2, -0.15) is 0 Å². The van der Waals surface area contributed by atoms with Crippen LogP contribution in [0.15, 0.2) is 41.3 Å². The van der Waals surface area contributed by atoms with Gasteiger partial charge >= 0.3 is 6.36 Å². The van der Waals surface area contributed by atoms with Gasteiger partial charge in [0.05, 0.1) is 18.7 Å². The number of hydrogen-bond acceptors (Lipinski definition) is 4. The Bertz CT molecular complexity index is 1090. The number of carbonyl (C=O) groups excluding carboxylic acids is 1. The molecule has 0 aliphatic carbocycles. The van der Waals surface area contributed by atoms with Gasteiger partial charge in [-0.1, -0.05) is 12.1 Å². The van der Waals surface area contributed by atoms with Crippen LogP contribution in [0.5, 0.6) is 5.75 Å². The van der Waals surface area contributed by atoms with Gasteiger partial charge in [-0.25, -0.2) is 9.50 Å². The van der Waals surface area contributed by atoms with Crippen LogP contribution in [-0.4, -0.2) is 38.3 Å². The fraction of sp³-hybridized carbons (Fsp3) is 0.278. The Balaban J connectivity index is 1.46. The molecule has 0 saturated heterocycles. The molecule has 28 heavy (non-hydrogen) atoms. The molecule has 2 aromatic heterocycles. The highest BCUT2D eigenvalue weighted by Gasteiger charge is 2.31. The molecule has 146 valence electrons. The second-order valence-corrected chi connectivity index (χ2v) is 6.43. The maximum Gasteiger partial charge on any atom is 0.573 e. The van der Waals surface area contributed by atoms with Crippen molar-refractivity contribution in [1.29, 1.82) is 0 Å². The van der Waals surface area contributed by atoms with Crippen molar-refractivity contribution < 1.29 is 22.7 Å². The molecule has 0 saturated carbocycles. The van der Waals surface area contributed by atoms with Crippen LogP contribution < -0.4 is 10.3 Å². The minimum Gasteiger partial charge on any atom is -0.406 e. The molecule has 1 aromatic carbocycles. The molecule has 0 unspecified atom stereocenters. The first-order chi connectivity index (χ1) is 13.3. The van der Waals surface area contributed by atoms with Gasteiger partial charge in [0.1, 0.15) is 5.75 Å². The Morgan fingerprint density at radius 1 is 1.21 bits per heavy atom. The van der Waals surface area contributed by atoms with Gasteiger partial charge in [0, 0.05) is 24.4 Å². The van der Waals surface area contributed by atoms with Crippen molar-refractivity contribution in [2.24, 2.45) is 0 Å². The van der Waals surface area contributed by atoms with E-state index in [1.54, 1.807) is 17.2 Å². The minimum absolute atomic E-state index is 0.0347. The Hall–Kier alpha value is -3.30. The molecule has 1 aliphatic heterocycles. The van der Waals surface area contributed by atoms with Crippen molar-refractivity contribution >= 4 is 11.6 Å². The van der Waals surface area contributed by atoms with Crippen LogP contribution in [-0.2, 0) is 24.2 Å². The number of rotatable bonds is 3. The van der Waals surface area contributed by atoms with Crippen LogP contribution >= 0.6 is 0 Å². The van der Waals surface area contributed by atoms with Gasteiger partial charge in [0.2, 0.25) is 5.91 Å². The zero-order valence-electron chi connectivity index (χ0n) is 14.5. The number of carbonyl (C=O) groups is 1. The first kappa shape index (κ1) is 18.1. The lowest BCUT2D eigenvalue weighted by atomic mass is 10.0. The number of aromatic amines is 1. The lowest BCUT2D eigenvalue weighted by Gasteiger charge is -2.27. The van der Waals surface area contributed by atoms with Crippen molar-refractivity contribution in [2.45, 2.75) is 25.7 Å². The van der Waals surface area contributed by atoms with Crippen molar-refractivity contribution in [1.82, 2.24) is 19.5 Å². The fourth-order valence-corrected chi connectivity index (χ4v) is 3.24. The van der Waals surface area contributed by atoms with E-state index in [9.17, 15) is 22.8 Å². The first-order valence-corrected chi connectivity index (χ1v) is 8.50. The smallest absolute Gasteiger partial charge is 0.406 e. The molecule has 0 fully saturated rings. The average Bonchev–Trinajstić information content (AvgIpc) is 3.10. The van der Waals surface area contributed by atoms with Crippen LogP contribution in [0, 0.1) is 0 Å².